The first-order chi connectivity index (χ1) is 9.11. The highest BCUT2D eigenvalue weighted by atomic mass is 16.3. The minimum atomic E-state index is -0.385. The van der Waals surface area contributed by atoms with E-state index >= 15 is 0 Å². The second-order valence-corrected chi connectivity index (χ2v) is 6.36. The Balaban J connectivity index is 1.59. The summed E-state index contributed by atoms with van der Waals surface area (Å²) in [7, 11) is 0. The van der Waals surface area contributed by atoms with E-state index in [1.165, 1.54) is 18.4 Å². The molecule has 1 aromatic rings. The Hall–Kier alpha value is -0.870. The monoisotopic (exact) mass is 263 g/mol. The van der Waals surface area contributed by atoms with Gasteiger partial charge in [-0.15, -0.1) is 0 Å². The summed E-state index contributed by atoms with van der Waals surface area (Å²) >= 11 is 0. The summed E-state index contributed by atoms with van der Waals surface area (Å²) in [5, 5.41) is 15.1. The Morgan fingerprint density at radius 3 is 2.84 bits per heavy atom. The van der Waals surface area contributed by atoms with Crippen LogP contribution in [-0.2, 0) is 13.1 Å². The van der Waals surface area contributed by atoms with Crippen LogP contribution in [0.5, 0.6) is 0 Å². The Kier molecular flexibility index (Phi) is 3.39. The quantitative estimate of drug-likeness (QED) is 0.902. The molecule has 4 heteroatoms. The van der Waals surface area contributed by atoms with Gasteiger partial charge < -0.3 is 5.11 Å². The fourth-order valence-electron chi connectivity index (χ4n) is 3.47. The van der Waals surface area contributed by atoms with Crippen LogP contribution in [0, 0.1) is 11.8 Å². The molecule has 2 aliphatic rings. The van der Waals surface area contributed by atoms with Crippen molar-refractivity contribution >= 4 is 0 Å². The van der Waals surface area contributed by atoms with Crippen molar-refractivity contribution in [1.82, 2.24) is 14.7 Å². The molecule has 2 unspecified atom stereocenters. The predicted molar refractivity (Wildman–Crippen MR) is 74.6 cm³/mol. The lowest BCUT2D eigenvalue weighted by Crippen LogP contribution is -2.51. The highest BCUT2D eigenvalue weighted by molar-refractivity contribution is 5.06. The molecule has 1 saturated heterocycles. The normalized spacial score (nSPS) is 32.7. The van der Waals surface area contributed by atoms with Gasteiger partial charge in [0.1, 0.15) is 0 Å². The molecule has 19 heavy (non-hydrogen) atoms. The van der Waals surface area contributed by atoms with Crippen LogP contribution in [0.3, 0.4) is 0 Å². The lowest BCUT2D eigenvalue weighted by Gasteiger charge is -2.43. The van der Waals surface area contributed by atoms with Crippen molar-refractivity contribution in [2.75, 3.05) is 13.1 Å². The number of aliphatic hydroxyl groups is 1. The van der Waals surface area contributed by atoms with Gasteiger partial charge in [-0.05, 0) is 38.0 Å². The van der Waals surface area contributed by atoms with Crippen LogP contribution in [0.4, 0.5) is 0 Å². The van der Waals surface area contributed by atoms with E-state index in [4.69, 9.17) is 0 Å². The molecular formula is C15H25N3O. The number of hydrogen-bond donors (Lipinski definition) is 1. The van der Waals surface area contributed by atoms with E-state index < -0.39 is 0 Å². The third-order valence-electron chi connectivity index (χ3n) is 4.92. The minimum absolute atomic E-state index is 0.384. The zero-order valence-corrected chi connectivity index (χ0v) is 12.0. The van der Waals surface area contributed by atoms with Crippen LogP contribution >= 0.6 is 0 Å². The van der Waals surface area contributed by atoms with E-state index in [0.717, 1.165) is 32.6 Å². The first-order valence-corrected chi connectivity index (χ1v) is 7.58. The highest BCUT2D eigenvalue weighted by Gasteiger charge is 2.49. The Labute approximate surface area is 115 Å². The molecule has 1 aliphatic heterocycles. The smallest absolute Gasteiger partial charge is 0.0725 e. The van der Waals surface area contributed by atoms with Crippen LogP contribution in [0.25, 0.3) is 0 Å². The lowest BCUT2D eigenvalue weighted by molar-refractivity contribution is -0.0832. The van der Waals surface area contributed by atoms with E-state index in [1.807, 2.05) is 10.9 Å². The molecule has 0 aromatic carbocycles. The van der Waals surface area contributed by atoms with E-state index in [0.29, 0.717) is 11.8 Å². The van der Waals surface area contributed by atoms with Gasteiger partial charge in [0.05, 0.1) is 11.8 Å². The van der Waals surface area contributed by atoms with E-state index in [1.54, 1.807) is 0 Å². The summed E-state index contributed by atoms with van der Waals surface area (Å²) in [5.74, 6) is 0.961. The van der Waals surface area contributed by atoms with E-state index in [-0.39, 0.29) is 5.60 Å². The number of aryl methyl sites for hydroxylation is 1. The number of likely N-dealkylation sites (tertiary alicyclic amines) is 1. The molecule has 1 aromatic heterocycles. The molecular weight excluding hydrogens is 238 g/mol. The largest absolute Gasteiger partial charge is 0.389 e. The Bertz CT molecular complexity index is 440. The average Bonchev–Trinajstić information content (AvgIpc) is 3.16. The van der Waals surface area contributed by atoms with Gasteiger partial charge in [-0.3, -0.25) is 9.58 Å². The fourth-order valence-corrected chi connectivity index (χ4v) is 3.47. The van der Waals surface area contributed by atoms with Crippen molar-refractivity contribution in [3.8, 4) is 0 Å². The molecule has 0 radical (unpaired) electrons. The average molecular weight is 263 g/mol. The highest BCUT2D eigenvalue weighted by Crippen LogP contribution is 2.47. The van der Waals surface area contributed by atoms with Gasteiger partial charge in [-0.25, -0.2) is 0 Å². The van der Waals surface area contributed by atoms with Crippen molar-refractivity contribution in [3.05, 3.63) is 18.0 Å². The molecule has 2 fully saturated rings. The number of rotatable bonds is 4. The van der Waals surface area contributed by atoms with E-state index in [2.05, 4.69) is 30.0 Å². The summed E-state index contributed by atoms with van der Waals surface area (Å²) in [6.45, 7) is 8.22. The van der Waals surface area contributed by atoms with Gasteiger partial charge in [0.15, 0.2) is 0 Å². The maximum absolute atomic E-state index is 10.8. The van der Waals surface area contributed by atoms with Gasteiger partial charge in [0.25, 0.3) is 0 Å². The van der Waals surface area contributed by atoms with Crippen LogP contribution < -0.4 is 0 Å². The molecule has 0 bridgehead atoms. The van der Waals surface area contributed by atoms with Crippen molar-refractivity contribution in [2.24, 2.45) is 11.8 Å². The Morgan fingerprint density at radius 2 is 2.26 bits per heavy atom. The standard InChI is InChI=1S/C15H25N3O/c1-3-18-11-13(8-16-18)10-17-7-6-15(19,12(2)9-17)14-4-5-14/h8,11-12,14,19H,3-7,9-10H2,1-2H3. The van der Waals surface area contributed by atoms with Gasteiger partial charge in [-0.1, -0.05) is 6.92 Å². The van der Waals surface area contributed by atoms with Gasteiger partial charge in [0.2, 0.25) is 0 Å². The Morgan fingerprint density at radius 1 is 1.47 bits per heavy atom. The lowest BCUT2D eigenvalue weighted by atomic mass is 9.78. The molecule has 2 atom stereocenters. The SMILES string of the molecule is CCn1cc(CN2CCC(O)(C3CC3)C(C)C2)cn1. The molecule has 1 N–H and O–H groups in total. The second-order valence-electron chi connectivity index (χ2n) is 6.36. The van der Waals surface area contributed by atoms with E-state index in [9.17, 15) is 5.11 Å². The predicted octanol–water partition coefficient (Wildman–Crippen LogP) is 1.89. The van der Waals surface area contributed by atoms with Crippen LogP contribution in [0.15, 0.2) is 12.4 Å². The molecule has 3 rings (SSSR count). The van der Waals surface area contributed by atoms with Crippen LogP contribution in [-0.4, -0.2) is 38.5 Å². The maximum atomic E-state index is 10.8. The molecule has 4 nitrogen and oxygen atoms in total. The van der Waals surface area contributed by atoms with Gasteiger partial charge in [-0.2, -0.15) is 5.10 Å². The number of piperidine rings is 1. The van der Waals surface area contributed by atoms with Crippen molar-refractivity contribution in [3.63, 3.8) is 0 Å². The van der Waals surface area contributed by atoms with Crippen molar-refractivity contribution in [2.45, 2.75) is 51.8 Å². The zero-order valence-electron chi connectivity index (χ0n) is 12.0. The topological polar surface area (TPSA) is 41.3 Å². The number of hydrogen-bond acceptors (Lipinski definition) is 3. The summed E-state index contributed by atoms with van der Waals surface area (Å²) in [6.07, 6.45) is 7.48. The summed E-state index contributed by atoms with van der Waals surface area (Å²) in [4.78, 5) is 2.46. The van der Waals surface area contributed by atoms with Crippen LogP contribution in [0.1, 0.15) is 38.7 Å². The molecule has 2 heterocycles. The first-order valence-electron chi connectivity index (χ1n) is 7.58. The third kappa shape index (κ3) is 2.56. The minimum Gasteiger partial charge on any atom is -0.389 e. The van der Waals surface area contributed by atoms with Gasteiger partial charge in [0, 0.05) is 37.9 Å². The fraction of sp³-hybridized carbons (Fsp3) is 0.800. The summed E-state index contributed by atoms with van der Waals surface area (Å²) < 4.78 is 1.98. The second kappa shape index (κ2) is 4.91. The van der Waals surface area contributed by atoms with Crippen molar-refractivity contribution in [1.29, 1.82) is 0 Å². The third-order valence-corrected chi connectivity index (χ3v) is 4.92. The molecule has 1 saturated carbocycles. The van der Waals surface area contributed by atoms with Crippen molar-refractivity contribution < 1.29 is 5.11 Å². The zero-order chi connectivity index (χ0) is 13.5. The molecule has 106 valence electrons. The molecule has 1 aliphatic carbocycles. The van der Waals surface area contributed by atoms with Crippen LogP contribution in [0.2, 0.25) is 0 Å². The molecule has 0 amide bonds. The summed E-state index contributed by atoms with van der Waals surface area (Å²) in [5.41, 5.74) is 0.898. The number of nitrogens with zero attached hydrogens (tertiary/aromatic N) is 3. The first kappa shape index (κ1) is 13.1. The summed E-state index contributed by atoms with van der Waals surface area (Å²) in [6, 6.07) is 0. The van der Waals surface area contributed by atoms with Gasteiger partial charge >= 0.3 is 0 Å². The number of aromatic nitrogens is 2. The molecule has 0 spiro atoms. The maximum Gasteiger partial charge on any atom is 0.0725 e.